The third-order valence-corrected chi connectivity index (χ3v) is 4.22. The number of Topliss-reactive ketones (excluding diaryl/α,β-unsaturated/α-hetero) is 1. The number of ketones is 1. The predicted octanol–water partition coefficient (Wildman–Crippen LogP) is 4.64. The quantitative estimate of drug-likeness (QED) is 0.705. The van der Waals surface area contributed by atoms with Gasteiger partial charge in [-0.3, -0.25) is 4.79 Å². The van der Waals surface area contributed by atoms with Gasteiger partial charge >= 0.3 is 0 Å². The number of carbonyl (C=O) groups is 1. The molecule has 1 aromatic rings. The van der Waals surface area contributed by atoms with Crippen LogP contribution in [0.25, 0.3) is 5.57 Å². The number of carbonyl (C=O) groups excluding carboxylic acids is 1. The van der Waals surface area contributed by atoms with Crippen molar-refractivity contribution in [3.05, 3.63) is 35.4 Å². The molecule has 0 bridgehead atoms. The fourth-order valence-electron chi connectivity index (χ4n) is 3.05. The minimum Gasteiger partial charge on any atom is -0.497 e. The van der Waals surface area contributed by atoms with E-state index in [0.717, 1.165) is 17.7 Å². The molecule has 1 aromatic carbocycles. The lowest BCUT2D eigenvalue weighted by molar-refractivity contribution is -0.115. The topological polar surface area (TPSA) is 26.3 Å². The molecule has 0 unspecified atom stereocenters. The third-order valence-electron chi connectivity index (χ3n) is 4.22. The number of rotatable bonds is 6. The van der Waals surface area contributed by atoms with Crippen LogP contribution < -0.4 is 4.74 Å². The molecule has 0 heterocycles. The van der Waals surface area contributed by atoms with E-state index in [1.54, 1.807) is 7.11 Å². The number of methoxy groups -OCH3 is 1. The second-order valence-corrected chi connectivity index (χ2v) is 5.59. The number of ether oxygens (including phenoxy) is 1. The first kappa shape index (κ1) is 14.8. The van der Waals surface area contributed by atoms with E-state index in [1.165, 1.54) is 30.4 Å². The molecule has 20 heavy (non-hydrogen) atoms. The Labute approximate surface area is 121 Å². The van der Waals surface area contributed by atoms with E-state index in [-0.39, 0.29) is 0 Å². The third kappa shape index (κ3) is 3.12. The molecular weight excluding hydrogens is 248 g/mol. The summed E-state index contributed by atoms with van der Waals surface area (Å²) in [6.45, 7) is 4.19. The van der Waals surface area contributed by atoms with Crippen LogP contribution in [0, 0.1) is 5.92 Å². The first-order valence-electron chi connectivity index (χ1n) is 7.55. The zero-order valence-electron chi connectivity index (χ0n) is 12.7. The van der Waals surface area contributed by atoms with Crippen LogP contribution in [-0.4, -0.2) is 12.9 Å². The van der Waals surface area contributed by atoms with Crippen molar-refractivity contribution in [1.82, 2.24) is 0 Å². The summed E-state index contributed by atoms with van der Waals surface area (Å²) in [5, 5.41) is 0. The maximum Gasteiger partial charge on any atom is 0.159 e. The van der Waals surface area contributed by atoms with Gasteiger partial charge in [0.15, 0.2) is 5.78 Å². The Kier molecular flexibility index (Phi) is 4.99. The molecule has 1 aliphatic carbocycles. The lowest BCUT2D eigenvalue weighted by Gasteiger charge is -2.15. The molecule has 108 valence electrons. The molecule has 0 amide bonds. The summed E-state index contributed by atoms with van der Waals surface area (Å²) in [6.07, 6.45) is 5.50. The Bertz CT molecular complexity index is 497. The molecule has 0 aliphatic heterocycles. The molecule has 1 atom stereocenters. The van der Waals surface area contributed by atoms with Crippen LogP contribution in [0.1, 0.15) is 51.5 Å². The Balaban J connectivity index is 2.21. The Morgan fingerprint density at radius 2 is 1.90 bits per heavy atom. The molecule has 0 radical (unpaired) electrons. The van der Waals surface area contributed by atoms with Gasteiger partial charge < -0.3 is 4.74 Å². The fraction of sp³-hybridized carbons (Fsp3) is 0.500. The maximum atomic E-state index is 12.0. The summed E-state index contributed by atoms with van der Waals surface area (Å²) in [4.78, 5) is 12.0. The van der Waals surface area contributed by atoms with E-state index in [9.17, 15) is 4.79 Å². The van der Waals surface area contributed by atoms with Crippen molar-refractivity contribution in [3.63, 3.8) is 0 Å². The van der Waals surface area contributed by atoms with Gasteiger partial charge in [-0.1, -0.05) is 38.3 Å². The first-order valence-corrected chi connectivity index (χ1v) is 7.55. The highest BCUT2D eigenvalue weighted by Gasteiger charge is 2.29. The molecule has 1 aliphatic rings. The van der Waals surface area contributed by atoms with Crippen molar-refractivity contribution < 1.29 is 9.53 Å². The van der Waals surface area contributed by atoms with Gasteiger partial charge in [-0.05, 0) is 48.1 Å². The summed E-state index contributed by atoms with van der Waals surface area (Å²) in [7, 11) is 1.67. The zero-order chi connectivity index (χ0) is 14.5. The average molecular weight is 272 g/mol. The SMILES string of the molecule is CCCCC[C@@H]1CC(=O)C(C)=C1c1ccc(OC)cc1. The largest absolute Gasteiger partial charge is 0.497 e. The van der Waals surface area contributed by atoms with Crippen LogP contribution in [-0.2, 0) is 4.79 Å². The molecule has 2 heteroatoms. The van der Waals surface area contributed by atoms with Crippen LogP contribution in [0.5, 0.6) is 5.75 Å². The maximum absolute atomic E-state index is 12.0. The van der Waals surface area contributed by atoms with E-state index in [2.05, 4.69) is 19.1 Å². The van der Waals surface area contributed by atoms with Crippen molar-refractivity contribution in [2.75, 3.05) is 7.11 Å². The Morgan fingerprint density at radius 1 is 1.20 bits per heavy atom. The van der Waals surface area contributed by atoms with Crippen LogP contribution in [0.2, 0.25) is 0 Å². The van der Waals surface area contributed by atoms with E-state index < -0.39 is 0 Å². The highest BCUT2D eigenvalue weighted by atomic mass is 16.5. The Hall–Kier alpha value is -1.57. The lowest BCUT2D eigenvalue weighted by atomic mass is 9.89. The van der Waals surface area contributed by atoms with Gasteiger partial charge in [0.25, 0.3) is 0 Å². The van der Waals surface area contributed by atoms with Gasteiger partial charge in [0.05, 0.1) is 7.11 Å². The highest BCUT2D eigenvalue weighted by molar-refractivity contribution is 6.07. The number of allylic oxidation sites excluding steroid dienone is 2. The smallest absolute Gasteiger partial charge is 0.159 e. The fourth-order valence-corrected chi connectivity index (χ4v) is 3.05. The predicted molar refractivity (Wildman–Crippen MR) is 82.8 cm³/mol. The van der Waals surface area contributed by atoms with E-state index in [1.807, 2.05) is 19.1 Å². The summed E-state index contributed by atoms with van der Waals surface area (Å²) >= 11 is 0. The summed E-state index contributed by atoms with van der Waals surface area (Å²) in [6, 6.07) is 8.09. The summed E-state index contributed by atoms with van der Waals surface area (Å²) in [5.74, 6) is 1.58. The van der Waals surface area contributed by atoms with Crippen molar-refractivity contribution in [2.45, 2.75) is 46.0 Å². The van der Waals surface area contributed by atoms with Gasteiger partial charge in [-0.25, -0.2) is 0 Å². The van der Waals surface area contributed by atoms with E-state index in [4.69, 9.17) is 4.74 Å². The Morgan fingerprint density at radius 3 is 2.50 bits per heavy atom. The van der Waals surface area contributed by atoms with Gasteiger partial charge in [0.2, 0.25) is 0 Å². The van der Waals surface area contributed by atoms with Crippen LogP contribution in [0.3, 0.4) is 0 Å². The van der Waals surface area contributed by atoms with Crippen molar-refractivity contribution in [2.24, 2.45) is 5.92 Å². The summed E-state index contributed by atoms with van der Waals surface area (Å²) in [5.41, 5.74) is 3.39. The minimum absolute atomic E-state index is 0.317. The molecule has 0 saturated carbocycles. The van der Waals surface area contributed by atoms with Crippen LogP contribution in [0.4, 0.5) is 0 Å². The molecule has 0 aromatic heterocycles. The number of unbranched alkanes of at least 4 members (excludes halogenated alkanes) is 2. The second-order valence-electron chi connectivity index (χ2n) is 5.59. The van der Waals surface area contributed by atoms with Gasteiger partial charge in [-0.2, -0.15) is 0 Å². The normalized spacial score (nSPS) is 18.8. The molecule has 0 spiro atoms. The summed E-state index contributed by atoms with van der Waals surface area (Å²) < 4.78 is 5.20. The second kappa shape index (κ2) is 6.74. The highest BCUT2D eigenvalue weighted by Crippen LogP contribution is 2.40. The van der Waals surface area contributed by atoms with Crippen LogP contribution >= 0.6 is 0 Å². The van der Waals surface area contributed by atoms with E-state index >= 15 is 0 Å². The number of benzene rings is 1. The van der Waals surface area contributed by atoms with Crippen molar-refractivity contribution in [1.29, 1.82) is 0 Å². The molecule has 0 N–H and O–H groups in total. The van der Waals surface area contributed by atoms with E-state index in [0.29, 0.717) is 18.1 Å². The van der Waals surface area contributed by atoms with Gasteiger partial charge in [0.1, 0.15) is 5.75 Å². The van der Waals surface area contributed by atoms with Gasteiger partial charge in [0, 0.05) is 6.42 Å². The monoisotopic (exact) mass is 272 g/mol. The first-order chi connectivity index (χ1) is 9.67. The molecule has 0 saturated heterocycles. The number of hydrogen-bond acceptors (Lipinski definition) is 2. The minimum atomic E-state index is 0.317. The lowest BCUT2D eigenvalue weighted by Crippen LogP contribution is -2.01. The van der Waals surface area contributed by atoms with Gasteiger partial charge in [-0.15, -0.1) is 0 Å². The molecule has 2 nitrogen and oxygen atoms in total. The van der Waals surface area contributed by atoms with Crippen LogP contribution in [0.15, 0.2) is 29.8 Å². The van der Waals surface area contributed by atoms with Crippen molar-refractivity contribution >= 4 is 11.4 Å². The zero-order valence-corrected chi connectivity index (χ0v) is 12.7. The standard InChI is InChI=1S/C18H24O2/c1-4-5-6-7-15-12-17(19)13(2)18(15)14-8-10-16(20-3)11-9-14/h8-11,15H,4-7,12H2,1-3H3/t15-/m1/s1. The average Bonchev–Trinajstić information content (AvgIpc) is 2.75. The van der Waals surface area contributed by atoms with Crippen molar-refractivity contribution in [3.8, 4) is 5.75 Å². The molecular formula is C18H24O2. The molecule has 0 fully saturated rings. The molecule has 2 rings (SSSR count). The number of hydrogen-bond donors (Lipinski definition) is 0.